The number of hydrogen-bond acceptors (Lipinski definition) is 5. The minimum atomic E-state index is -1.40. The molecule has 1 aromatic carbocycles. The molecule has 136 valence electrons. The molecule has 0 saturated carbocycles. The number of benzene rings is 1. The number of aliphatic carboxylic acids is 1. The fourth-order valence-corrected chi connectivity index (χ4v) is 3.29. The summed E-state index contributed by atoms with van der Waals surface area (Å²) in [7, 11) is 0. The van der Waals surface area contributed by atoms with Crippen LogP contribution in [0, 0.1) is 11.2 Å². The van der Waals surface area contributed by atoms with Gasteiger partial charge in [0.15, 0.2) is 17.8 Å². The Balaban J connectivity index is 0.00000261. The van der Waals surface area contributed by atoms with E-state index in [4.69, 9.17) is 27.2 Å². The number of halogens is 2. The Morgan fingerprint density at radius 1 is 1.33 bits per heavy atom. The SMILES string of the molecule is N=C(N)NC(C(=O)O)c1nc(-c2ccc(F)cc2)oc1-c1ccc(Cl)s1.[NaH]. The number of nitrogens with two attached hydrogens (primary N) is 1. The molecule has 0 radical (unpaired) electrons. The zero-order valence-electron chi connectivity index (χ0n) is 13.0. The molecule has 27 heavy (non-hydrogen) atoms. The van der Waals surface area contributed by atoms with Gasteiger partial charge in [-0.05, 0) is 36.4 Å². The van der Waals surface area contributed by atoms with E-state index in [1.807, 2.05) is 0 Å². The Hall–Kier alpha value is -1.91. The van der Waals surface area contributed by atoms with Crippen molar-refractivity contribution in [3.63, 3.8) is 0 Å². The quantitative estimate of drug-likeness (QED) is 0.287. The van der Waals surface area contributed by atoms with E-state index in [0.29, 0.717) is 14.8 Å². The van der Waals surface area contributed by atoms with Crippen molar-refractivity contribution in [3.05, 3.63) is 52.2 Å². The maximum absolute atomic E-state index is 13.1. The van der Waals surface area contributed by atoms with Crippen molar-refractivity contribution >= 4 is 64.4 Å². The van der Waals surface area contributed by atoms with Gasteiger partial charge in [0.05, 0.1) is 9.21 Å². The molecular weight excluding hydrogens is 406 g/mol. The van der Waals surface area contributed by atoms with Gasteiger partial charge in [0.1, 0.15) is 11.5 Å². The molecule has 3 aromatic rings. The van der Waals surface area contributed by atoms with E-state index in [1.165, 1.54) is 35.6 Å². The van der Waals surface area contributed by atoms with Crippen LogP contribution in [-0.4, -0.2) is 51.6 Å². The van der Waals surface area contributed by atoms with Crippen LogP contribution in [0.15, 0.2) is 40.8 Å². The number of aromatic nitrogens is 1. The second-order valence-corrected chi connectivity index (χ2v) is 6.89. The summed E-state index contributed by atoms with van der Waals surface area (Å²) in [6.45, 7) is 0. The molecule has 2 heterocycles. The van der Waals surface area contributed by atoms with Crippen LogP contribution < -0.4 is 11.1 Å². The van der Waals surface area contributed by atoms with E-state index < -0.39 is 23.8 Å². The predicted octanol–water partition coefficient (Wildman–Crippen LogP) is 2.82. The first kappa shape index (κ1) is 21.4. The molecule has 0 amide bonds. The normalized spacial score (nSPS) is 11.5. The zero-order valence-corrected chi connectivity index (χ0v) is 14.6. The van der Waals surface area contributed by atoms with E-state index in [-0.39, 0.29) is 46.9 Å². The number of guanidine groups is 1. The number of nitrogens with zero attached hydrogens (tertiary/aromatic N) is 1. The second-order valence-electron chi connectivity index (χ2n) is 5.17. The molecule has 7 nitrogen and oxygen atoms in total. The third-order valence-corrected chi connectivity index (χ3v) is 4.59. The molecule has 3 rings (SSSR count). The Labute approximate surface area is 184 Å². The first-order valence-corrected chi connectivity index (χ1v) is 8.40. The number of nitrogens with one attached hydrogen (secondary N) is 2. The van der Waals surface area contributed by atoms with Crippen LogP contribution in [-0.2, 0) is 4.79 Å². The van der Waals surface area contributed by atoms with Gasteiger partial charge in [-0.2, -0.15) is 0 Å². The predicted molar refractivity (Wildman–Crippen MR) is 103 cm³/mol. The number of carbonyl (C=O) groups is 1. The topological polar surface area (TPSA) is 125 Å². The fourth-order valence-electron chi connectivity index (χ4n) is 2.26. The monoisotopic (exact) mass is 418 g/mol. The fraction of sp³-hybridized carbons (Fsp3) is 0.0625. The van der Waals surface area contributed by atoms with Gasteiger partial charge in [0.25, 0.3) is 0 Å². The molecule has 2 aromatic heterocycles. The zero-order chi connectivity index (χ0) is 18.8. The van der Waals surface area contributed by atoms with Crippen molar-refractivity contribution in [1.82, 2.24) is 10.3 Å². The molecule has 0 fully saturated rings. The number of carboxylic acid groups (broad SMARTS) is 1. The first-order valence-electron chi connectivity index (χ1n) is 7.21. The van der Waals surface area contributed by atoms with Gasteiger partial charge in [0, 0.05) is 5.56 Å². The number of hydrogen-bond donors (Lipinski definition) is 4. The Bertz CT molecular complexity index is 976. The number of rotatable bonds is 5. The summed E-state index contributed by atoms with van der Waals surface area (Å²) < 4.78 is 19.4. The average molecular weight is 419 g/mol. The maximum atomic E-state index is 13.1. The van der Waals surface area contributed by atoms with Crippen molar-refractivity contribution < 1.29 is 18.7 Å². The van der Waals surface area contributed by atoms with Gasteiger partial charge in [-0.15, -0.1) is 11.3 Å². The molecule has 0 bridgehead atoms. The number of oxazole rings is 1. The van der Waals surface area contributed by atoms with Crippen LogP contribution in [0.3, 0.4) is 0 Å². The molecule has 0 spiro atoms. The van der Waals surface area contributed by atoms with Gasteiger partial charge in [-0.25, -0.2) is 14.2 Å². The summed E-state index contributed by atoms with van der Waals surface area (Å²) in [6, 6.07) is 7.31. The van der Waals surface area contributed by atoms with E-state index >= 15 is 0 Å². The molecule has 5 N–H and O–H groups in total. The van der Waals surface area contributed by atoms with Crippen LogP contribution in [0.2, 0.25) is 4.34 Å². The molecule has 1 unspecified atom stereocenters. The van der Waals surface area contributed by atoms with Gasteiger partial charge in [-0.1, -0.05) is 11.6 Å². The summed E-state index contributed by atoms with van der Waals surface area (Å²) in [5.41, 5.74) is 5.79. The molecule has 0 saturated heterocycles. The van der Waals surface area contributed by atoms with E-state index in [1.54, 1.807) is 12.1 Å². The van der Waals surface area contributed by atoms with Crippen LogP contribution in [0.25, 0.3) is 22.1 Å². The summed E-state index contributed by atoms with van der Waals surface area (Å²) >= 11 is 7.14. The summed E-state index contributed by atoms with van der Waals surface area (Å²) in [5, 5.41) is 19.2. The van der Waals surface area contributed by atoms with Gasteiger partial charge >= 0.3 is 35.5 Å². The second kappa shape index (κ2) is 8.85. The summed E-state index contributed by atoms with van der Waals surface area (Å²) in [6.07, 6.45) is 0. The average Bonchev–Trinajstić information content (AvgIpc) is 3.19. The minimum absolute atomic E-state index is 0. The van der Waals surface area contributed by atoms with Crippen LogP contribution in [0.1, 0.15) is 11.7 Å². The van der Waals surface area contributed by atoms with E-state index in [0.717, 1.165) is 0 Å². The van der Waals surface area contributed by atoms with Crippen LogP contribution >= 0.6 is 22.9 Å². The Morgan fingerprint density at radius 2 is 2.00 bits per heavy atom. The Morgan fingerprint density at radius 3 is 2.52 bits per heavy atom. The first-order chi connectivity index (χ1) is 12.3. The van der Waals surface area contributed by atoms with Crippen LogP contribution in [0.4, 0.5) is 4.39 Å². The van der Waals surface area contributed by atoms with E-state index in [9.17, 15) is 14.3 Å². The van der Waals surface area contributed by atoms with Crippen molar-refractivity contribution in [2.24, 2.45) is 5.73 Å². The van der Waals surface area contributed by atoms with Crippen molar-refractivity contribution in [1.29, 1.82) is 5.41 Å². The Kier molecular flexibility index (Phi) is 7.01. The molecule has 1 atom stereocenters. The van der Waals surface area contributed by atoms with Crippen LogP contribution in [0.5, 0.6) is 0 Å². The molecular formula is C16H13ClFN4NaO3S. The van der Waals surface area contributed by atoms with Gasteiger partial charge in [-0.3, -0.25) is 5.41 Å². The van der Waals surface area contributed by atoms with Crippen molar-refractivity contribution in [3.8, 4) is 22.1 Å². The number of thiophene rings is 1. The number of carboxylic acids is 1. The molecule has 0 aliphatic heterocycles. The third-order valence-electron chi connectivity index (χ3n) is 3.36. The molecule has 11 heteroatoms. The third kappa shape index (κ3) is 4.88. The molecule has 0 aliphatic rings. The molecule has 0 aliphatic carbocycles. The van der Waals surface area contributed by atoms with Gasteiger partial charge < -0.3 is 20.6 Å². The summed E-state index contributed by atoms with van der Waals surface area (Å²) in [4.78, 5) is 16.5. The standard InChI is InChI=1S/C16H12ClFN4O3S.Na.H/c17-10-6-5-9(26-10)13-11(12(15(23)24)22-16(19)20)21-14(25-13)7-1-3-8(18)4-2-7;;/h1-6,12H,(H,23,24)(H4,19,20,22);;. The van der Waals surface area contributed by atoms with Crippen molar-refractivity contribution in [2.45, 2.75) is 6.04 Å². The van der Waals surface area contributed by atoms with Crippen molar-refractivity contribution in [2.75, 3.05) is 0 Å². The van der Waals surface area contributed by atoms with E-state index in [2.05, 4.69) is 10.3 Å². The summed E-state index contributed by atoms with van der Waals surface area (Å²) in [5.74, 6) is -1.95. The van der Waals surface area contributed by atoms with Gasteiger partial charge in [0.2, 0.25) is 5.89 Å².